The van der Waals surface area contributed by atoms with Crippen molar-refractivity contribution in [1.29, 1.82) is 0 Å². The SMILES string of the molecule is CN1CCCc2cc(CS(=O)(=O)Cl)ccc21. The van der Waals surface area contributed by atoms with Gasteiger partial charge in [-0.3, -0.25) is 0 Å². The molecule has 0 aromatic heterocycles. The Hall–Kier alpha value is -0.740. The number of hydrogen-bond donors (Lipinski definition) is 0. The lowest BCUT2D eigenvalue weighted by Crippen LogP contribution is -2.24. The van der Waals surface area contributed by atoms with Crippen molar-refractivity contribution in [2.45, 2.75) is 18.6 Å². The van der Waals surface area contributed by atoms with E-state index in [9.17, 15) is 8.42 Å². The molecule has 0 radical (unpaired) electrons. The van der Waals surface area contributed by atoms with Gasteiger partial charge in [-0.05, 0) is 30.0 Å². The van der Waals surface area contributed by atoms with E-state index >= 15 is 0 Å². The number of fused-ring (bicyclic) bond motifs is 1. The Labute approximate surface area is 100 Å². The van der Waals surface area contributed by atoms with Crippen LogP contribution in [0.15, 0.2) is 18.2 Å². The minimum Gasteiger partial charge on any atom is -0.374 e. The Morgan fingerprint density at radius 1 is 1.44 bits per heavy atom. The Balaban J connectivity index is 2.32. The average Bonchev–Trinajstić information content (AvgIpc) is 2.15. The lowest BCUT2D eigenvalue weighted by Gasteiger charge is -2.27. The van der Waals surface area contributed by atoms with Gasteiger partial charge in [-0.25, -0.2) is 8.42 Å². The molecule has 88 valence electrons. The average molecular weight is 260 g/mol. The highest BCUT2D eigenvalue weighted by Crippen LogP contribution is 2.27. The number of benzene rings is 1. The molecule has 0 amide bonds. The van der Waals surface area contributed by atoms with E-state index in [2.05, 4.69) is 11.9 Å². The highest BCUT2D eigenvalue weighted by molar-refractivity contribution is 8.13. The Bertz CT molecular complexity index is 499. The van der Waals surface area contributed by atoms with E-state index in [1.165, 1.54) is 11.3 Å². The van der Waals surface area contributed by atoms with Gasteiger partial charge in [0.25, 0.3) is 0 Å². The number of rotatable bonds is 2. The monoisotopic (exact) mass is 259 g/mol. The topological polar surface area (TPSA) is 37.4 Å². The molecule has 16 heavy (non-hydrogen) atoms. The fourth-order valence-corrected chi connectivity index (χ4v) is 3.08. The lowest BCUT2D eigenvalue weighted by molar-refractivity contribution is 0.609. The summed E-state index contributed by atoms with van der Waals surface area (Å²) in [7, 11) is 3.83. The van der Waals surface area contributed by atoms with E-state index in [0.717, 1.165) is 24.9 Å². The molecule has 1 aliphatic rings. The summed E-state index contributed by atoms with van der Waals surface area (Å²) in [5.74, 6) is -0.0917. The van der Waals surface area contributed by atoms with E-state index in [0.29, 0.717) is 0 Å². The van der Waals surface area contributed by atoms with Crippen LogP contribution < -0.4 is 4.90 Å². The molecule has 0 spiro atoms. The highest BCUT2D eigenvalue weighted by Gasteiger charge is 2.15. The molecule has 0 saturated carbocycles. The molecular formula is C11H14ClNO2S. The van der Waals surface area contributed by atoms with Crippen molar-refractivity contribution in [3.8, 4) is 0 Å². The van der Waals surface area contributed by atoms with Crippen molar-refractivity contribution >= 4 is 25.4 Å². The van der Waals surface area contributed by atoms with Crippen LogP contribution in [-0.4, -0.2) is 22.0 Å². The molecule has 5 heteroatoms. The second kappa shape index (κ2) is 4.26. The minimum absolute atomic E-state index is 0.0917. The summed E-state index contributed by atoms with van der Waals surface area (Å²) in [4.78, 5) is 2.19. The largest absolute Gasteiger partial charge is 0.374 e. The predicted octanol–water partition coefficient (Wildman–Crippen LogP) is 2.14. The molecule has 3 nitrogen and oxygen atoms in total. The Morgan fingerprint density at radius 2 is 2.19 bits per heavy atom. The van der Waals surface area contributed by atoms with Crippen LogP contribution in [-0.2, 0) is 21.2 Å². The van der Waals surface area contributed by atoms with Crippen molar-refractivity contribution in [2.75, 3.05) is 18.5 Å². The number of nitrogens with zero attached hydrogens (tertiary/aromatic N) is 1. The Morgan fingerprint density at radius 3 is 2.88 bits per heavy atom. The second-order valence-corrected chi connectivity index (χ2v) is 6.95. The first-order valence-corrected chi connectivity index (χ1v) is 7.69. The molecule has 0 bridgehead atoms. The first-order chi connectivity index (χ1) is 7.46. The van der Waals surface area contributed by atoms with Gasteiger partial charge in [-0.2, -0.15) is 0 Å². The van der Waals surface area contributed by atoms with E-state index in [1.54, 1.807) is 0 Å². The molecule has 2 rings (SSSR count). The number of anilines is 1. The first-order valence-electron chi connectivity index (χ1n) is 5.21. The van der Waals surface area contributed by atoms with E-state index in [4.69, 9.17) is 10.7 Å². The summed E-state index contributed by atoms with van der Waals surface area (Å²) in [5.41, 5.74) is 3.18. The van der Waals surface area contributed by atoms with Crippen LogP contribution in [0, 0.1) is 0 Å². The molecule has 0 N–H and O–H groups in total. The summed E-state index contributed by atoms with van der Waals surface area (Å²) in [6.45, 7) is 1.06. The molecule has 0 atom stereocenters. The standard InChI is InChI=1S/C11H14ClNO2S/c1-13-6-2-3-10-7-9(4-5-11(10)13)8-16(12,14)15/h4-5,7H,2-3,6,8H2,1H3. The van der Waals surface area contributed by atoms with Gasteiger partial charge < -0.3 is 4.90 Å². The number of aryl methyl sites for hydroxylation is 1. The molecule has 0 saturated heterocycles. The minimum atomic E-state index is -3.46. The number of halogens is 1. The summed E-state index contributed by atoms with van der Waals surface area (Å²) < 4.78 is 22.0. The molecule has 0 aliphatic carbocycles. The molecule has 1 aromatic rings. The zero-order valence-corrected chi connectivity index (χ0v) is 10.7. The van der Waals surface area contributed by atoms with Crippen molar-refractivity contribution in [3.63, 3.8) is 0 Å². The van der Waals surface area contributed by atoms with Gasteiger partial charge in [-0.15, -0.1) is 0 Å². The molecule has 0 fully saturated rings. The third-order valence-corrected chi connectivity index (χ3v) is 3.84. The van der Waals surface area contributed by atoms with Crippen LogP contribution in [0.3, 0.4) is 0 Å². The van der Waals surface area contributed by atoms with Gasteiger partial charge >= 0.3 is 0 Å². The molecular weight excluding hydrogens is 246 g/mol. The highest BCUT2D eigenvalue weighted by atomic mass is 35.7. The normalized spacial score (nSPS) is 16.0. The molecule has 1 aromatic carbocycles. The summed E-state index contributed by atoms with van der Waals surface area (Å²) >= 11 is 0. The zero-order valence-electron chi connectivity index (χ0n) is 9.11. The molecule has 1 heterocycles. The van der Waals surface area contributed by atoms with E-state index in [-0.39, 0.29) is 5.75 Å². The third kappa shape index (κ3) is 2.68. The van der Waals surface area contributed by atoms with Crippen LogP contribution in [0.5, 0.6) is 0 Å². The van der Waals surface area contributed by atoms with Crippen LogP contribution in [0.4, 0.5) is 5.69 Å². The van der Waals surface area contributed by atoms with Gasteiger partial charge in [0.1, 0.15) is 0 Å². The first kappa shape index (κ1) is 11.7. The fraction of sp³-hybridized carbons (Fsp3) is 0.455. The predicted molar refractivity (Wildman–Crippen MR) is 66.5 cm³/mol. The number of hydrogen-bond acceptors (Lipinski definition) is 3. The zero-order chi connectivity index (χ0) is 11.8. The summed E-state index contributed by atoms with van der Waals surface area (Å²) in [6, 6.07) is 5.76. The lowest BCUT2D eigenvalue weighted by atomic mass is 10.0. The summed E-state index contributed by atoms with van der Waals surface area (Å²) in [5, 5.41) is 0. The fourth-order valence-electron chi connectivity index (χ4n) is 2.13. The van der Waals surface area contributed by atoms with Crippen LogP contribution in [0.2, 0.25) is 0 Å². The maximum atomic E-state index is 11.0. The molecule has 1 aliphatic heterocycles. The van der Waals surface area contributed by atoms with Gasteiger partial charge in [0, 0.05) is 30.0 Å². The van der Waals surface area contributed by atoms with E-state index < -0.39 is 9.05 Å². The van der Waals surface area contributed by atoms with Crippen LogP contribution in [0.25, 0.3) is 0 Å². The third-order valence-electron chi connectivity index (χ3n) is 2.83. The van der Waals surface area contributed by atoms with Gasteiger partial charge in [0.05, 0.1) is 5.75 Å². The van der Waals surface area contributed by atoms with Crippen LogP contribution >= 0.6 is 10.7 Å². The summed E-state index contributed by atoms with van der Waals surface area (Å²) in [6.07, 6.45) is 2.12. The molecule has 0 unspecified atom stereocenters. The van der Waals surface area contributed by atoms with Crippen molar-refractivity contribution in [2.24, 2.45) is 0 Å². The van der Waals surface area contributed by atoms with Crippen molar-refractivity contribution in [3.05, 3.63) is 29.3 Å². The quantitative estimate of drug-likeness (QED) is 0.764. The second-order valence-electron chi connectivity index (χ2n) is 4.17. The Kier molecular flexibility index (Phi) is 3.13. The van der Waals surface area contributed by atoms with Crippen molar-refractivity contribution in [1.82, 2.24) is 0 Å². The van der Waals surface area contributed by atoms with E-state index in [1.807, 2.05) is 18.2 Å². The van der Waals surface area contributed by atoms with Gasteiger partial charge in [0.15, 0.2) is 0 Å². The maximum absolute atomic E-state index is 11.0. The van der Waals surface area contributed by atoms with Gasteiger partial charge in [-0.1, -0.05) is 12.1 Å². The van der Waals surface area contributed by atoms with Crippen LogP contribution in [0.1, 0.15) is 17.5 Å². The van der Waals surface area contributed by atoms with Gasteiger partial charge in [0.2, 0.25) is 9.05 Å². The maximum Gasteiger partial charge on any atom is 0.236 e. The smallest absolute Gasteiger partial charge is 0.236 e. The van der Waals surface area contributed by atoms with Crippen molar-refractivity contribution < 1.29 is 8.42 Å².